The molecule has 4 rings (SSSR count). The van der Waals surface area contributed by atoms with Gasteiger partial charge in [-0.15, -0.1) is 22.0 Å². The smallest absolute Gasteiger partial charge is 0.416 e. The van der Waals surface area contributed by atoms with Gasteiger partial charge in [0, 0.05) is 17.0 Å². The molecular formula is C25H18Cl2F3N3O2S2. The molecule has 0 aliphatic carbocycles. The van der Waals surface area contributed by atoms with Crippen molar-refractivity contribution in [3.8, 4) is 10.6 Å². The molecule has 5 nitrogen and oxygen atoms in total. The number of halogens is 5. The summed E-state index contributed by atoms with van der Waals surface area (Å²) in [7, 11) is 0. The summed E-state index contributed by atoms with van der Waals surface area (Å²) in [5, 5.41) is 22.0. The monoisotopic (exact) mass is 583 g/mol. The van der Waals surface area contributed by atoms with Crippen molar-refractivity contribution in [1.82, 2.24) is 10.2 Å². The molecule has 1 aromatic heterocycles. The van der Waals surface area contributed by atoms with Crippen LogP contribution in [-0.2, 0) is 11.0 Å². The number of alkyl halides is 3. The van der Waals surface area contributed by atoms with Crippen LogP contribution in [0.15, 0.2) is 66.7 Å². The lowest BCUT2D eigenvalue weighted by Gasteiger charge is -2.19. The Balaban J connectivity index is 1.62. The molecule has 1 unspecified atom stereocenters. The van der Waals surface area contributed by atoms with Crippen LogP contribution in [0, 0.1) is 0 Å². The number of carboxylic acid groups (broad SMARTS) is 1. The van der Waals surface area contributed by atoms with Gasteiger partial charge in [-0.25, -0.2) is 0 Å². The van der Waals surface area contributed by atoms with Gasteiger partial charge in [0.2, 0.25) is 5.13 Å². The fraction of sp³-hybridized carbons (Fsp3) is 0.160. The van der Waals surface area contributed by atoms with E-state index in [0.717, 1.165) is 23.3 Å². The Bertz CT molecular complexity index is 1420. The number of anilines is 2. The van der Waals surface area contributed by atoms with Crippen LogP contribution in [0.5, 0.6) is 0 Å². The molecule has 0 aliphatic rings. The second kappa shape index (κ2) is 11.7. The van der Waals surface area contributed by atoms with Gasteiger partial charge in [-0.1, -0.05) is 70.9 Å². The van der Waals surface area contributed by atoms with E-state index in [0.29, 0.717) is 31.4 Å². The number of aliphatic carboxylic acids is 1. The molecule has 0 amide bonds. The van der Waals surface area contributed by atoms with Crippen LogP contribution in [0.25, 0.3) is 10.6 Å². The number of thioether (sulfide) groups is 1. The molecule has 1 heterocycles. The molecule has 0 bridgehead atoms. The Morgan fingerprint density at radius 2 is 1.73 bits per heavy atom. The maximum atomic E-state index is 13.4. The molecule has 4 aromatic rings. The van der Waals surface area contributed by atoms with E-state index in [9.17, 15) is 18.0 Å². The third-order valence-electron chi connectivity index (χ3n) is 5.15. The number of rotatable bonds is 9. The first-order valence-corrected chi connectivity index (χ1v) is 13.4. The first-order chi connectivity index (χ1) is 17.6. The van der Waals surface area contributed by atoms with Gasteiger partial charge in [-0.2, -0.15) is 13.2 Å². The topological polar surface area (TPSA) is 75.1 Å². The van der Waals surface area contributed by atoms with E-state index < -0.39 is 23.0 Å². The fourth-order valence-corrected chi connectivity index (χ4v) is 5.71. The summed E-state index contributed by atoms with van der Waals surface area (Å²) < 4.78 is 40.1. The quantitative estimate of drug-likeness (QED) is 0.205. The largest absolute Gasteiger partial charge is 0.481 e. The van der Waals surface area contributed by atoms with Crippen LogP contribution >= 0.6 is 46.3 Å². The molecule has 0 saturated carbocycles. The minimum atomic E-state index is -4.49. The number of nitrogens with zero attached hydrogens (tertiary/aromatic N) is 2. The van der Waals surface area contributed by atoms with Crippen LogP contribution in [0.4, 0.5) is 24.0 Å². The van der Waals surface area contributed by atoms with Crippen LogP contribution in [0.3, 0.4) is 0 Å². The Kier molecular flexibility index (Phi) is 8.63. The van der Waals surface area contributed by atoms with E-state index in [1.807, 2.05) is 12.1 Å². The van der Waals surface area contributed by atoms with Crippen molar-refractivity contribution in [2.75, 3.05) is 11.1 Å². The van der Waals surface area contributed by atoms with Crippen molar-refractivity contribution in [2.24, 2.45) is 0 Å². The normalized spacial score (nSPS) is 12.4. The summed E-state index contributed by atoms with van der Waals surface area (Å²) in [4.78, 5) is 11.1. The lowest BCUT2D eigenvalue weighted by molar-refractivity contribution is -0.138. The van der Waals surface area contributed by atoms with Gasteiger partial charge in [-0.05, 0) is 41.5 Å². The standard InChI is InChI=1S/C25H18Cl2F3N3O2S2/c26-19-8-7-18(13-20(19)27)31-24-33-32-23(37-24)16-5-1-3-14(11-16)22(36-10-9-21(34)35)15-4-2-6-17(12-15)25(28,29)30/h1-8,11-13,22H,9-10H2,(H,31,33)(H,34,35). The SMILES string of the molecule is O=C(O)CCSC(c1cccc(-c2nnc(Nc3ccc(Cl)c(Cl)c3)s2)c1)c1cccc(C(F)(F)F)c1. The van der Waals surface area contributed by atoms with Crippen molar-refractivity contribution in [2.45, 2.75) is 17.8 Å². The van der Waals surface area contributed by atoms with E-state index in [1.54, 1.807) is 36.4 Å². The molecule has 0 aliphatic heterocycles. The van der Waals surface area contributed by atoms with Crippen molar-refractivity contribution < 1.29 is 23.1 Å². The average molecular weight is 584 g/mol. The molecule has 0 fully saturated rings. The highest BCUT2D eigenvalue weighted by atomic mass is 35.5. The van der Waals surface area contributed by atoms with Crippen LogP contribution in [0.1, 0.15) is 28.4 Å². The third kappa shape index (κ3) is 7.16. The number of benzene rings is 3. The molecule has 192 valence electrons. The Morgan fingerprint density at radius 1 is 1.00 bits per heavy atom. The highest BCUT2D eigenvalue weighted by Crippen LogP contribution is 2.40. The lowest BCUT2D eigenvalue weighted by Crippen LogP contribution is -2.07. The maximum absolute atomic E-state index is 13.4. The Hall–Kier alpha value is -2.79. The number of hydrogen-bond acceptors (Lipinski definition) is 6. The first kappa shape index (κ1) is 27.3. The van der Waals surface area contributed by atoms with Crippen molar-refractivity contribution in [3.05, 3.63) is 93.5 Å². The van der Waals surface area contributed by atoms with Crippen LogP contribution in [-0.4, -0.2) is 27.0 Å². The van der Waals surface area contributed by atoms with Crippen molar-refractivity contribution in [1.29, 1.82) is 0 Å². The predicted molar refractivity (Wildman–Crippen MR) is 143 cm³/mol. The molecule has 2 N–H and O–H groups in total. The molecule has 0 radical (unpaired) electrons. The summed E-state index contributed by atoms with van der Waals surface area (Å²) in [5.41, 5.74) is 1.81. The number of hydrogen-bond donors (Lipinski definition) is 2. The zero-order chi connectivity index (χ0) is 26.6. The van der Waals surface area contributed by atoms with E-state index in [2.05, 4.69) is 15.5 Å². The fourth-order valence-electron chi connectivity index (χ4n) is 3.45. The van der Waals surface area contributed by atoms with Gasteiger partial charge in [-0.3, -0.25) is 4.79 Å². The summed E-state index contributed by atoms with van der Waals surface area (Å²) in [5.74, 6) is -0.739. The second-order valence-electron chi connectivity index (χ2n) is 7.81. The summed E-state index contributed by atoms with van der Waals surface area (Å²) in [6.07, 6.45) is -4.60. The highest BCUT2D eigenvalue weighted by molar-refractivity contribution is 7.99. The summed E-state index contributed by atoms with van der Waals surface area (Å²) in [6, 6.07) is 17.4. The van der Waals surface area contributed by atoms with E-state index in [1.165, 1.54) is 29.2 Å². The van der Waals surface area contributed by atoms with Gasteiger partial charge >= 0.3 is 12.1 Å². The van der Waals surface area contributed by atoms with E-state index in [4.69, 9.17) is 28.3 Å². The van der Waals surface area contributed by atoms with E-state index in [-0.39, 0.29) is 12.2 Å². The number of aromatic nitrogens is 2. The first-order valence-electron chi connectivity index (χ1n) is 10.8. The van der Waals surface area contributed by atoms with E-state index >= 15 is 0 Å². The molecule has 0 saturated heterocycles. The average Bonchev–Trinajstić information content (AvgIpc) is 3.32. The van der Waals surface area contributed by atoms with Crippen LogP contribution < -0.4 is 5.32 Å². The zero-order valence-electron chi connectivity index (χ0n) is 18.8. The zero-order valence-corrected chi connectivity index (χ0v) is 21.9. The summed E-state index contributed by atoms with van der Waals surface area (Å²) >= 11 is 14.6. The second-order valence-corrected chi connectivity index (χ2v) is 10.8. The number of carboxylic acids is 1. The van der Waals surface area contributed by atoms with Crippen LogP contribution in [0.2, 0.25) is 10.0 Å². The van der Waals surface area contributed by atoms with Gasteiger partial charge in [0.15, 0.2) is 0 Å². The number of nitrogens with one attached hydrogen (secondary N) is 1. The third-order valence-corrected chi connectivity index (χ3v) is 8.09. The minimum Gasteiger partial charge on any atom is -0.481 e. The molecule has 0 spiro atoms. The van der Waals surface area contributed by atoms with Gasteiger partial charge in [0.25, 0.3) is 0 Å². The lowest BCUT2D eigenvalue weighted by atomic mass is 10.0. The molecule has 3 aromatic carbocycles. The van der Waals surface area contributed by atoms with Gasteiger partial charge < -0.3 is 10.4 Å². The van der Waals surface area contributed by atoms with Gasteiger partial charge in [0.1, 0.15) is 5.01 Å². The molecule has 37 heavy (non-hydrogen) atoms. The number of carbonyl (C=O) groups is 1. The van der Waals surface area contributed by atoms with Gasteiger partial charge in [0.05, 0.1) is 27.3 Å². The Morgan fingerprint density at radius 3 is 2.43 bits per heavy atom. The summed E-state index contributed by atoms with van der Waals surface area (Å²) in [6.45, 7) is 0. The maximum Gasteiger partial charge on any atom is 0.416 e. The van der Waals surface area contributed by atoms with Crippen molar-refractivity contribution in [3.63, 3.8) is 0 Å². The highest BCUT2D eigenvalue weighted by Gasteiger charge is 2.31. The molecule has 12 heteroatoms. The molecule has 1 atom stereocenters. The predicted octanol–water partition coefficient (Wildman–Crippen LogP) is 8.57. The van der Waals surface area contributed by atoms with Crippen molar-refractivity contribution >= 4 is 63.1 Å². The minimum absolute atomic E-state index is 0.111. The molecular weight excluding hydrogens is 566 g/mol. The Labute approximate surface area is 228 Å².